The van der Waals surface area contributed by atoms with Crippen molar-refractivity contribution in [2.24, 2.45) is 0 Å². The highest BCUT2D eigenvalue weighted by Gasteiger charge is 2.29. The van der Waals surface area contributed by atoms with Gasteiger partial charge in [-0.25, -0.2) is 4.98 Å². The largest absolute Gasteiger partial charge is 0.481 e. The number of benzene rings is 1. The van der Waals surface area contributed by atoms with Crippen molar-refractivity contribution in [3.8, 4) is 10.6 Å². The summed E-state index contributed by atoms with van der Waals surface area (Å²) >= 11 is 1.47. The minimum absolute atomic E-state index is 0.0995. The first-order valence-electron chi connectivity index (χ1n) is 7.43. The Morgan fingerprint density at radius 2 is 2.04 bits per heavy atom. The predicted octanol–water partition coefficient (Wildman–Crippen LogP) is 2.35. The number of carboxylic acids is 1. The van der Waals surface area contributed by atoms with Crippen LogP contribution in [-0.4, -0.2) is 41.2 Å². The Hall–Kier alpha value is -2.25. The van der Waals surface area contributed by atoms with Gasteiger partial charge in [0.15, 0.2) is 0 Å². The molecule has 0 spiro atoms. The molecule has 0 bridgehead atoms. The van der Waals surface area contributed by atoms with Crippen molar-refractivity contribution >= 4 is 23.2 Å². The number of amides is 1. The summed E-state index contributed by atoms with van der Waals surface area (Å²) in [5.74, 6) is -1.27. The van der Waals surface area contributed by atoms with E-state index in [1.165, 1.54) is 18.4 Å². The molecule has 2 aromatic rings. The number of aromatic nitrogens is 1. The van der Waals surface area contributed by atoms with Crippen molar-refractivity contribution in [1.82, 2.24) is 10.3 Å². The molecule has 128 valence electrons. The van der Waals surface area contributed by atoms with E-state index in [0.717, 1.165) is 10.6 Å². The average molecular weight is 348 g/mol. The fraction of sp³-hybridized carbons (Fsp3) is 0.353. The van der Waals surface area contributed by atoms with Crippen LogP contribution in [0.15, 0.2) is 35.7 Å². The lowest BCUT2D eigenvalue weighted by Gasteiger charge is -2.28. The summed E-state index contributed by atoms with van der Waals surface area (Å²) in [4.78, 5) is 27.7. The molecule has 2 N–H and O–H groups in total. The summed E-state index contributed by atoms with van der Waals surface area (Å²) in [6, 6.07) is 9.73. The zero-order valence-electron chi connectivity index (χ0n) is 13.6. The second kappa shape index (κ2) is 8.03. The van der Waals surface area contributed by atoms with E-state index in [1.54, 1.807) is 6.92 Å². The molecular weight excluding hydrogens is 328 g/mol. The lowest BCUT2D eigenvalue weighted by molar-refractivity contribution is -0.139. The Balaban J connectivity index is 2.01. The Labute approximate surface area is 144 Å². The third kappa shape index (κ3) is 5.14. The lowest BCUT2D eigenvalue weighted by Crippen LogP contribution is -2.51. The molecule has 0 saturated heterocycles. The molecule has 1 aromatic carbocycles. The molecule has 1 aromatic heterocycles. The zero-order valence-corrected chi connectivity index (χ0v) is 14.4. The van der Waals surface area contributed by atoms with Gasteiger partial charge in [-0.15, -0.1) is 11.3 Å². The summed E-state index contributed by atoms with van der Waals surface area (Å²) in [5, 5.41) is 14.4. The molecule has 2 rings (SSSR count). The molecular formula is C17H20N2O4S. The van der Waals surface area contributed by atoms with Crippen LogP contribution in [-0.2, 0) is 20.7 Å². The molecule has 1 amide bonds. The Morgan fingerprint density at radius 1 is 1.33 bits per heavy atom. The monoisotopic (exact) mass is 348 g/mol. The number of hydrogen-bond acceptors (Lipinski definition) is 5. The number of methoxy groups -OCH3 is 1. The van der Waals surface area contributed by atoms with E-state index in [0.29, 0.717) is 5.69 Å². The number of carbonyl (C=O) groups excluding carboxylic acids is 1. The molecule has 1 heterocycles. The molecule has 0 aliphatic heterocycles. The van der Waals surface area contributed by atoms with Gasteiger partial charge in [0.25, 0.3) is 0 Å². The first kappa shape index (κ1) is 18.1. The van der Waals surface area contributed by atoms with Gasteiger partial charge in [0, 0.05) is 18.1 Å². The minimum Gasteiger partial charge on any atom is -0.481 e. The van der Waals surface area contributed by atoms with Crippen molar-refractivity contribution in [3.63, 3.8) is 0 Å². The van der Waals surface area contributed by atoms with Crippen molar-refractivity contribution in [2.75, 3.05) is 13.7 Å². The number of carbonyl (C=O) groups is 2. The summed E-state index contributed by atoms with van der Waals surface area (Å²) in [6.45, 7) is 1.77. The van der Waals surface area contributed by atoms with E-state index in [4.69, 9.17) is 9.84 Å². The SMILES string of the molecule is COCC(C)(CC(=O)O)NC(=O)Cc1csc(-c2ccccc2)n1. The van der Waals surface area contributed by atoms with Crippen molar-refractivity contribution < 1.29 is 19.4 Å². The summed E-state index contributed by atoms with van der Waals surface area (Å²) in [6.07, 6.45) is -0.110. The highest BCUT2D eigenvalue weighted by Crippen LogP contribution is 2.23. The van der Waals surface area contributed by atoms with Crippen LogP contribution in [0.5, 0.6) is 0 Å². The van der Waals surface area contributed by atoms with Crippen LogP contribution >= 0.6 is 11.3 Å². The van der Waals surface area contributed by atoms with E-state index < -0.39 is 11.5 Å². The average Bonchev–Trinajstić information content (AvgIpc) is 2.95. The van der Waals surface area contributed by atoms with Crippen LogP contribution in [0.3, 0.4) is 0 Å². The molecule has 7 heteroatoms. The molecule has 1 atom stereocenters. The molecule has 0 saturated carbocycles. The van der Waals surface area contributed by atoms with E-state index in [-0.39, 0.29) is 25.4 Å². The number of nitrogens with zero attached hydrogens (tertiary/aromatic N) is 1. The summed E-state index contributed by atoms with van der Waals surface area (Å²) in [5.41, 5.74) is 0.714. The Bertz CT molecular complexity index is 702. The van der Waals surface area contributed by atoms with Gasteiger partial charge >= 0.3 is 5.97 Å². The van der Waals surface area contributed by atoms with Gasteiger partial charge in [-0.2, -0.15) is 0 Å². The third-order valence-electron chi connectivity index (χ3n) is 3.36. The van der Waals surface area contributed by atoms with Gasteiger partial charge in [0.1, 0.15) is 5.01 Å². The summed E-state index contributed by atoms with van der Waals surface area (Å²) in [7, 11) is 1.47. The molecule has 0 aliphatic rings. The molecule has 0 aliphatic carbocycles. The minimum atomic E-state index is -0.991. The predicted molar refractivity (Wildman–Crippen MR) is 91.9 cm³/mol. The fourth-order valence-electron chi connectivity index (χ4n) is 2.43. The van der Waals surface area contributed by atoms with Gasteiger partial charge < -0.3 is 15.2 Å². The quantitative estimate of drug-likeness (QED) is 0.764. The molecule has 24 heavy (non-hydrogen) atoms. The van der Waals surface area contributed by atoms with Crippen LogP contribution in [0.2, 0.25) is 0 Å². The number of carboxylic acid groups (broad SMARTS) is 1. The van der Waals surface area contributed by atoms with Crippen LogP contribution < -0.4 is 5.32 Å². The first-order chi connectivity index (χ1) is 11.4. The zero-order chi connectivity index (χ0) is 17.6. The number of rotatable bonds is 8. The van der Waals surface area contributed by atoms with Gasteiger partial charge in [-0.1, -0.05) is 30.3 Å². The highest BCUT2D eigenvalue weighted by molar-refractivity contribution is 7.13. The van der Waals surface area contributed by atoms with Crippen LogP contribution in [0, 0.1) is 0 Å². The van der Waals surface area contributed by atoms with Crippen LogP contribution in [0.4, 0.5) is 0 Å². The van der Waals surface area contributed by atoms with Crippen LogP contribution in [0.25, 0.3) is 10.6 Å². The summed E-state index contributed by atoms with van der Waals surface area (Å²) < 4.78 is 5.03. The highest BCUT2D eigenvalue weighted by atomic mass is 32.1. The standard InChI is InChI=1S/C17H20N2O4S/c1-17(11-23-2,9-15(21)22)19-14(20)8-13-10-24-16(18-13)12-6-4-3-5-7-12/h3-7,10H,8-9,11H2,1-2H3,(H,19,20)(H,21,22). The van der Waals surface area contributed by atoms with E-state index >= 15 is 0 Å². The Morgan fingerprint density at radius 3 is 2.67 bits per heavy atom. The maximum Gasteiger partial charge on any atom is 0.305 e. The van der Waals surface area contributed by atoms with Gasteiger partial charge in [0.2, 0.25) is 5.91 Å². The molecule has 0 radical (unpaired) electrons. The second-order valence-corrected chi connectivity index (χ2v) is 6.66. The van der Waals surface area contributed by atoms with Crippen molar-refractivity contribution in [3.05, 3.63) is 41.4 Å². The first-order valence-corrected chi connectivity index (χ1v) is 8.31. The number of aliphatic carboxylic acids is 1. The lowest BCUT2D eigenvalue weighted by atomic mass is 9.98. The third-order valence-corrected chi connectivity index (χ3v) is 4.30. The molecule has 0 fully saturated rings. The van der Waals surface area contributed by atoms with Gasteiger partial charge in [-0.05, 0) is 6.92 Å². The maximum atomic E-state index is 12.2. The van der Waals surface area contributed by atoms with E-state index in [1.807, 2.05) is 35.7 Å². The molecule has 6 nitrogen and oxygen atoms in total. The number of nitrogens with one attached hydrogen (secondary N) is 1. The topological polar surface area (TPSA) is 88.5 Å². The Kier molecular flexibility index (Phi) is 6.05. The van der Waals surface area contributed by atoms with E-state index in [2.05, 4.69) is 10.3 Å². The number of ether oxygens (including phenoxy) is 1. The van der Waals surface area contributed by atoms with Crippen molar-refractivity contribution in [2.45, 2.75) is 25.3 Å². The number of hydrogen-bond donors (Lipinski definition) is 2. The maximum absolute atomic E-state index is 12.2. The van der Waals surface area contributed by atoms with Gasteiger partial charge in [0.05, 0.1) is 30.7 Å². The number of thiazole rings is 1. The fourth-order valence-corrected chi connectivity index (χ4v) is 3.26. The van der Waals surface area contributed by atoms with Crippen molar-refractivity contribution in [1.29, 1.82) is 0 Å². The van der Waals surface area contributed by atoms with E-state index in [9.17, 15) is 9.59 Å². The smallest absolute Gasteiger partial charge is 0.305 e. The second-order valence-electron chi connectivity index (χ2n) is 5.80. The molecule has 1 unspecified atom stereocenters. The van der Waals surface area contributed by atoms with Crippen LogP contribution in [0.1, 0.15) is 19.0 Å². The normalized spacial score (nSPS) is 13.2. The van der Waals surface area contributed by atoms with Gasteiger partial charge in [-0.3, -0.25) is 9.59 Å².